The molecule has 2 rings (SSSR count). The maximum atomic E-state index is 13.5. The molecule has 0 aliphatic carbocycles. The topological polar surface area (TPSA) is 55.8 Å². The van der Waals surface area contributed by atoms with E-state index in [-0.39, 0.29) is 5.56 Å². The van der Waals surface area contributed by atoms with Gasteiger partial charge in [-0.15, -0.1) is 0 Å². The number of halogens is 2. The summed E-state index contributed by atoms with van der Waals surface area (Å²) in [5, 5.41) is 9.44. The first-order valence-electron chi connectivity index (χ1n) is 5.80. The van der Waals surface area contributed by atoms with Crippen molar-refractivity contribution < 1.29 is 28.2 Å². The predicted octanol–water partition coefficient (Wildman–Crippen LogP) is 1.98. The number of esters is 1. The zero-order chi connectivity index (χ0) is 14.1. The number of rotatable bonds is 3. The molecule has 1 saturated heterocycles. The Morgan fingerprint density at radius 2 is 2.11 bits per heavy atom. The van der Waals surface area contributed by atoms with Gasteiger partial charge in [-0.2, -0.15) is 0 Å². The van der Waals surface area contributed by atoms with E-state index in [1.807, 2.05) is 0 Å². The Balaban J connectivity index is 1.95. The molecule has 1 aliphatic rings. The van der Waals surface area contributed by atoms with Gasteiger partial charge in [0.25, 0.3) is 5.92 Å². The summed E-state index contributed by atoms with van der Waals surface area (Å²) in [6.45, 7) is 0.552. The third kappa shape index (κ3) is 3.27. The maximum absolute atomic E-state index is 13.5. The highest BCUT2D eigenvalue weighted by Gasteiger charge is 2.55. The van der Waals surface area contributed by atoms with Crippen molar-refractivity contribution in [3.63, 3.8) is 0 Å². The molecule has 2 atom stereocenters. The molecule has 0 aromatic heterocycles. The van der Waals surface area contributed by atoms with Gasteiger partial charge in [-0.05, 0) is 19.1 Å². The zero-order valence-electron chi connectivity index (χ0n) is 10.3. The number of carbonyl (C=O) groups is 1. The molecule has 19 heavy (non-hydrogen) atoms. The summed E-state index contributed by atoms with van der Waals surface area (Å²) >= 11 is 0. The van der Waals surface area contributed by atoms with Gasteiger partial charge in [-0.1, -0.05) is 18.2 Å². The van der Waals surface area contributed by atoms with E-state index in [0.717, 1.165) is 6.92 Å². The lowest BCUT2D eigenvalue weighted by Gasteiger charge is -2.18. The SMILES string of the molecule is C[C@@]1(O)CC(F)(F)[C@@H](COC(=O)c2ccccc2)O1. The summed E-state index contributed by atoms with van der Waals surface area (Å²) in [5.74, 6) is -5.82. The molecule has 0 spiro atoms. The fourth-order valence-electron chi connectivity index (χ4n) is 1.95. The van der Waals surface area contributed by atoms with Crippen molar-refractivity contribution >= 4 is 5.97 Å². The van der Waals surface area contributed by atoms with Gasteiger partial charge in [0.15, 0.2) is 11.9 Å². The van der Waals surface area contributed by atoms with Gasteiger partial charge in [0, 0.05) is 0 Å². The highest BCUT2D eigenvalue weighted by atomic mass is 19.3. The third-order valence-corrected chi connectivity index (χ3v) is 2.81. The summed E-state index contributed by atoms with van der Waals surface area (Å²) < 4.78 is 36.5. The second-order valence-electron chi connectivity index (χ2n) is 4.68. The van der Waals surface area contributed by atoms with Crippen LogP contribution in [0.4, 0.5) is 8.78 Å². The van der Waals surface area contributed by atoms with Crippen LogP contribution in [0.5, 0.6) is 0 Å². The lowest BCUT2D eigenvalue weighted by Crippen LogP contribution is -2.33. The Morgan fingerprint density at radius 1 is 1.47 bits per heavy atom. The molecule has 1 aromatic carbocycles. The van der Waals surface area contributed by atoms with Crippen LogP contribution in [0.15, 0.2) is 30.3 Å². The normalized spacial score (nSPS) is 29.2. The minimum absolute atomic E-state index is 0.274. The van der Waals surface area contributed by atoms with Crippen LogP contribution in [-0.2, 0) is 9.47 Å². The molecule has 104 valence electrons. The molecule has 1 heterocycles. The van der Waals surface area contributed by atoms with Crippen LogP contribution < -0.4 is 0 Å². The maximum Gasteiger partial charge on any atom is 0.338 e. The summed E-state index contributed by atoms with van der Waals surface area (Å²) in [4.78, 5) is 11.6. The Hall–Kier alpha value is -1.53. The van der Waals surface area contributed by atoms with E-state index in [0.29, 0.717) is 0 Å². The minimum Gasteiger partial charge on any atom is -0.459 e. The molecule has 0 bridgehead atoms. The van der Waals surface area contributed by atoms with Crippen molar-refractivity contribution in [2.24, 2.45) is 0 Å². The van der Waals surface area contributed by atoms with E-state index in [4.69, 9.17) is 9.47 Å². The average Bonchev–Trinajstić information content (AvgIpc) is 2.55. The second-order valence-corrected chi connectivity index (χ2v) is 4.68. The van der Waals surface area contributed by atoms with E-state index >= 15 is 0 Å². The van der Waals surface area contributed by atoms with Gasteiger partial charge in [-0.3, -0.25) is 0 Å². The zero-order valence-corrected chi connectivity index (χ0v) is 10.3. The second kappa shape index (κ2) is 4.86. The average molecular weight is 272 g/mol. The minimum atomic E-state index is -3.22. The molecule has 1 aromatic rings. The Morgan fingerprint density at radius 3 is 2.63 bits per heavy atom. The molecule has 0 radical (unpaired) electrons. The van der Waals surface area contributed by atoms with E-state index in [1.165, 1.54) is 12.1 Å². The highest BCUT2D eigenvalue weighted by molar-refractivity contribution is 5.89. The fraction of sp³-hybridized carbons (Fsp3) is 0.462. The number of hydrogen-bond donors (Lipinski definition) is 1. The number of carbonyl (C=O) groups excluding carboxylic acids is 1. The van der Waals surface area contributed by atoms with E-state index < -0.39 is 36.8 Å². The molecule has 6 heteroatoms. The molecule has 1 N–H and O–H groups in total. The van der Waals surface area contributed by atoms with Crippen molar-refractivity contribution in [3.05, 3.63) is 35.9 Å². The predicted molar refractivity (Wildman–Crippen MR) is 61.8 cm³/mol. The standard InChI is InChI=1S/C13H14F2O4/c1-12(17)8-13(14,15)10(19-12)7-18-11(16)9-5-3-2-4-6-9/h2-6,10,17H,7-8H2,1H3/t10-,12+/m1/s1. The first-order valence-corrected chi connectivity index (χ1v) is 5.80. The Kier molecular flexibility index (Phi) is 3.56. The van der Waals surface area contributed by atoms with Crippen LogP contribution in [0.1, 0.15) is 23.7 Å². The molecule has 1 fully saturated rings. The van der Waals surface area contributed by atoms with Crippen molar-refractivity contribution in [3.8, 4) is 0 Å². The molecular formula is C13H14F2O4. The number of ether oxygens (including phenoxy) is 2. The molecule has 0 amide bonds. The van der Waals surface area contributed by atoms with Gasteiger partial charge >= 0.3 is 5.97 Å². The van der Waals surface area contributed by atoms with E-state index in [9.17, 15) is 18.7 Å². The number of hydrogen-bond acceptors (Lipinski definition) is 4. The van der Waals surface area contributed by atoms with Gasteiger partial charge < -0.3 is 14.6 Å². The van der Waals surface area contributed by atoms with Crippen LogP contribution in [0.3, 0.4) is 0 Å². The van der Waals surface area contributed by atoms with Gasteiger partial charge in [0.2, 0.25) is 0 Å². The van der Waals surface area contributed by atoms with Crippen LogP contribution in [0.25, 0.3) is 0 Å². The van der Waals surface area contributed by atoms with Gasteiger partial charge in [-0.25, -0.2) is 13.6 Å². The smallest absolute Gasteiger partial charge is 0.338 e. The molecule has 0 unspecified atom stereocenters. The fourth-order valence-corrected chi connectivity index (χ4v) is 1.95. The third-order valence-electron chi connectivity index (χ3n) is 2.81. The summed E-state index contributed by atoms with van der Waals surface area (Å²) in [6, 6.07) is 8.05. The van der Waals surface area contributed by atoms with Crippen LogP contribution in [0.2, 0.25) is 0 Å². The monoisotopic (exact) mass is 272 g/mol. The summed E-state index contributed by atoms with van der Waals surface area (Å²) in [7, 11) is 0. The van der Waals surface area contributed by atoms with E-state index in [1.54, 1.807) is 18.2 Å². The van der Waals surface area contributed by atoms with E-state index in [2.05, 4.69) is 0 Å². The molecule has 4 nitrogen and oxygen atoms in total. The number of aliphatic hydroxyl groups is 1. The lowest BCUT2D eigenvalue weighted by molar-refractivity contribution is -0.190. The number of alkyl halides is 2. The van der Waals surface area contributed by atoms with Gasteiger partial charge in [0.1, 0.15) is 6.61 Å². The Labute approximate surface area is 108 Å². The quantitative estimate of drug-likeness (QED) is 0.855. The van der Waals surface area contributed by atoms with Crippen LogP contribution in [0, 0.1) is 0 Å². The molecule has 0 saturated carbocycles. The van der Waals surface area contributed by atoms with Crippen molar-refractivity contribution in [2.75, 3.05) is 6.61 Å². The Bertz CT molecular complexity index is 459. The highest BCUT2D eigenvalue weighted by Crippen LogP contribution is 2.40. The van der Waals surface area contributed by atoms with Gasteiger partial charge in [0.05, 0.1) is 12.0 Å². The first-order chi connectivity index (χ1) is 8.80. The molecular weight excluding hydrogens is 258 g/mol. The van der Waals surface area contributed by atoms with Crippen molar-refractivity contribution in [2.45, 2.75) is 31.2 Å². The van der Waals surface area contributed by atoms with Crippen molar-refractivity contribution in [1.82, 2.24) is 0 Å². The molecule has 1 aliphatic heterocycles. The van der Waals surface area contributed by atoms with Crippen molar-refractivity contribution in [1.29, 1.82) is 0 Å². The summed E-state index contributed by atoms with van der Waals surface area (Å²) in [6.07, 6.45) is -2.44. The largest absolute Gasteiger partial charge is 0.459 e. The number of benzene rings is 1. The summed E-state index contributed by atoms with van der Waals surface area (Å²) in [5.41, 5.74) is 0.274. The van der Waals surface area contributed by atoms with Crippen LogP contribution >= 0.6 is 0 Å². The lowest BCUT2D eigenvalue weighted by atomic mass is 10.1. The van der Waals surface area contributed by atoms with Crippen LogP contribution in [-0.4, -0.2) is 35.5 Å². The first kappa shape index (κ1) is 13.9.